The smallest absolute Gasteiger partial charge is 0.251 e. The van der Waals surface area contributed by atoms with E-state index in [1.165, 1.54) is 0 Å². The van der Waals surface area contributed by atoms with E-state index in [0.717, 1.165) is 47.9 Å². The van der Waals surface area contributed by atoms with E-state index >= 15 is 0 Å². The van der Waals surface area contributed by atoms with Gasteiger partial charge in [-0.15, -0.1) is 11.8 Å². The Labute approximate surface area is 157 Å². The molecule has 134 valence electrons. The number of amides is 1. The monoisotopic (exact) mass is 366 g/mol. The van der Waals surface area contributed by atoms with Gasteiger partial charge in [0.05, 0.1) is 5.69 Å². The molecule has 26 heavy (non-hydrogen) atoms. The normalized spacial score (nSPS) is 17.3. The Kier molecular flexibility index (Phi) is 5.22. The molecule has 1 aliphatic heterocycles. The average Bonchev–Trinajstić information content (AvgIpc) is 3.10. The highest BCUT2D eigenvalue weighted by Crippen LogP contribution is 2.23. The third kappa shape index (κ3) is 4.08. The van der Waals surface area contributed by atoms with Crippen LogP contribution >= 0.6 is 11.8 Å². The Morgan fingerprint density at radius 3 is 2.92 bits per heavy atom. The summed E-state index contributed by atoms with van der Waals surface area (Å²) in [5, 5.41) is 6.42. The molecule has 3 heterocycles. The molecule has 0 aliphatic carbocycles. The zero-order valence-electron chi connectivity index (χ0n) is 14.5. The first-order chi connectivity index (χ1) is 12.8. The van der Waals surface area contributed by atoms with Crippen molar-refractivity contribution in [2.24, 2.45) is 0 Å². The van der Waals surface area contributed by atoms with Gasteiger partial charge >= 0.3 is 0 Å². The second-order valence-electron chi connectivity index (χ2n) is 6.53. The van der Waals surface area contributed by atoms with Gasteiger partial charge in [-0.2, -0.15) is 0 Å². The molecule has 1 aliphatic rings. The Hall–Kier alpha value is -2.31. The van der Waals surface area contributed by atoms with E-state index < -0.39 is 0 Å². The molecule has 1 atom stereocenters. The molecule has 0 radical (unpaired) electrons. The maximum Gasteiger partial charge on any atom is 0.251 e. The highest BCUT2D eigenvalue weighted by Gasteiger charge is 2.16. The average molecular weight is 366 g/mol. The first-order valence-corrected chi connectivity index (χ1v) is 9.93. The number of hydrogen-bond acceptors (Lipinski definition) is 4. The molecule has 5 nitrogen and oxygen atoms in total. The minimum Gasteiger partial charge on any atom is -0.348 e. The number of fused-ring (bicyclic) bond motifs is 1. The van der Waals surface area contributed by atoms with Crippen molar-refractivity contribution in [1.82, 2.24) is 20.0 Å². The van der Waals surface area contributed by atoms with Gasteiger partial charge in [-0.25, -0.2) is 4.98 Å². The molecule has 6 heteroatoms. The fourth-order valence-corrected chi connectivity index (χ4v) is 3.94. The largest absolute Gasteiger partial charge is 0.348 e. The van der Waals surface area contributed by atoms with Crippen molar-refractivity contribution >= 4 is 23.3 Å². The third-order valence-corrected chi connectivity index (χ3v) is 5.59. The van der Waals surface area contributed by atoms with Crippen LogP contribution in [0.25, 0.3) is 5.65 Å². The summed E-state index contributed by atoms with van der Waals surface area (Å²) < 4.78 is 2.03. The van der Waals surface area contributed by atoms with Gasteiger partial charge in [0.15, 0.2) is 0 Å². The number of benzene rings is 1. The summed E-state index contributed by atoms with van der Waals surface area (Å²) in [6.45, 7) is 1.91. The van der Waals surface area contributed by atoms with Crippen molar-refractivity contribution in [3.05, 3.63) is 66.1 Å². The minimum absolute atomic E-state index is 0.00982. The van der Waals surface area contributed by atoms with E-state index in [-0.39, 0.29) is 11.9 Å². The van der Waals surface area contributed by atoms with Crippen molar-refractivity contribution in [3.63, 3.8) is 0 Å². The van der Waals surface area contributed by atoms with Crippen LogP contribution in [0.5, 0.6) is 0 Å². The highest BCUT2D eigenvalue weighted by molar-refractivity contribution is 7.98. The van der Waals surface area contributed by atoms with Crippen molar-refractivity contribution < 1.29 is 4.79 Å². The molecule has 0 saturated carbocycles. The molecule has 0 bridgehead atoms. The van der Waals surface area contributed by atoms with Crippen LogP contribution in [0.2, 0.25) is 0 Å². The Balaban J connectivity index is 1.34. The van der Waals surface area contributed by atoms with Gasteiger partial charge in [-0.05, 0) is 55.8 Å². The molecule has 1 saturated heterocycles. The topological polar surface area (TPSA) is 58.4 Å². The number of piperidine rings is 1. The van der Waals surface area contributed by atoms with Crippen LogP contribution in [0.1, 0.15) is 28.9 Å². The number of pyridine rings is 1. The first kappa shape index (κ1) is 17.1. The van der Waals surface area contributed by atoms with Gasteiger partial charge in [-0.1, -0.05) is 6.07 Å². The summed E-state index contributed by atoms with van der Waals surface area (Å²) in [4.78, 5) is 18.1. The van der Waals surface area contributed by atoms with Crippen molar-refractivity contribution in [1.29, 1.82) is 0 Å². The molecule has 3 aromatic rings. The van der Waals surface area contributed by atoms with Crippen LogP contribution in [0, 0.1) is 0 Å². The number of hydrogen-bond donors (Lipinski definition) is 2. The molecule has 1 amide bonds. The second kappa shape index (κ2) is 7.93. The van der Waals surface area contributed by atoms with Gasteiger partial charge in [-0.3, -0.25) is 4.79 Å². The van der Waals surface area contributed by atoms with Gasteiger partial charge < -0.3 is 15.0 Å². The third-order valence-electron chi connectivity index (χ3n) is 4.55. The number of imidazole rings is 1. The Bertz CT molecular complexity index is 851. The van der Waals surface area contributed by atoms with Crippen LogP contribution in [0.4, 0.5) is 0 Å². The van der Waals surface area contributed by atoms with E-state index in [0.29, 0.717) is 5.56 Å². The fraction of sp³-hybridized carbons (Fsp3) is 0.300. The molecule has 2 N–H and O–H groups in total. The van der Waals surface area contributed by atoms with E-state index in [1.54, 1.807) is 11.8 Å². The van der Waals surface area contributed by atoms with Gasteiger partial charge in [0.2, 0.25) is 0 Å². The summed E-state index contributed by atoms with van der Waals surface area (Å²) in [7, 11) is 0. The molecule has 2 aromatic heterocycles. The summed E-state index contributed by atoms with van der Waals surface area (Å²) in [5.74, 6) is 0.816. The lowest BCUT2D eigenvalue weighted by molar-refractivity contribution is 0.0930. The molecule has 1 unspecified atom stereocenters. The summed E-state index contributed by atoms with van der Waals surface area (Å²) >= 11 is 1.73. The standard InChI is InChI=1S/C20H22N4OS/c25-20(23-16-4-3-10-21-12-16)15-6-8-18(9-7-15)26-14-17-13-24-11-2-1-5-19(24)22-17/h1-2,5-9,11,13,16,21H,3-4,10,12,14H2,(H,23,25). The molecule has 0 spiro atoms. The predicted molar refractivity (Wildman–Crippen MR) is 105 cm³/mol. The fourth-order valence-electron chi connectivity index (χ4n) is 3.16. The number of carbonyl (C=O) groups excluding carboxylic acids is 1. The Morgan fingerprint density at radius 1 is 1.27 bits per heavy atom. The van der Waals surface area contributed by atoms with Crippen LogP contribution < -0.4 is 10.6 Å². The van der Waals surface area contributed by atoms with Crippen molar-refractivity contribution in [3.8, 4) is 0 Å². The zero-order valence-corrected chi connectivity index (χ0v) is 15.3. The van der Waals surface area contributed by atoms with E-state index in [4.69, 9.17) is 0 Å². The number of nitrogens with one attached hydrogen (secondary N) is 2. The van der Waals surface area contributed by atoms with Crippen molar-refractivity contribution in [2.45, 2.75) is 29.5 Å². The Morgan fingerprint density at radius 2 is 2.15 bits per heavy atom. The van der Waals surface area contributed by atoms with Crippen LogP contribution in [-0.2, 0) is 5.75 Å². The predicted octanol–water partition coefficient (Wildman–Crippen LogP) is 3.11. The van der Waals surface area contributed by atoms with E-state index in [2.05, 4.69) is 21.8 Å². The lowest BCUT2D eigenvalue weighted by Gasteiger charge is -2.23. The lowest BCUT2D eigenvalue weighted by atomic mass is 10.1. The summed E-state index contributed by atoms with van der Waals surface area (Å²) in [6.07, 6.45) is 6.23. The van der Waals surface area contributed by atoms with Crippen LogP contribution in [0.3, 0.4) is 0 Å². The maximum absolute atomic E-state index is 12.3. The molecular formula is C20H22N4OS. The van der Waals surface area contributed by atoms with Crippen molar-refractivity contribution in [2.75, 3.05) is 13.1 Å². The first-order valence-electron chi connectivity index (χ1n) is 8.95. The molecule has 1 fully saturated rings. The highest BCUT2D eigenvalue weighted by atomic mass is 32.2. The summed E-state index contributed by atoms with van der Waals surface area (Å²) in [6, 6.07) is 14.0. The molecule has 4 rings (SSSR count). The lowest BCUT2D eigenvalue weighted by Crippen LogP contribution is -2.45. The van der Waals surface area contributed by atoms with E-state index in [9.17, 15) is 4.79 Å². The van der Waals surface area contributed by atoms with Crippen LogP contribution in [0.15, 0.2) is 59.8 Å². The van der Waals surface area contributed by atoms with Gasteiger partial charge in [0.1, 0.15) is 5.65 Å². The number of thioether (sulfide) groups is 1. The van der Waals surface area contributed by atoms with Crippen LogP contribution in [-0.4, -0.2) is 34.4 Å². The molecular weight excluding hydrogens is 344 g/mol. The second-order valence-corrected chi connectivity index (χ2v) is 7.58. The number of carbonyl (C=O) groups is 1. The molecule has 1 aromatic carbocycles. The summed E-state index contributed by atoms with van der Waals surface area (Å²) in [5.41, 5.74) is 2.73. The number of aromatic nitrogens is 2. The quantitative estimate of drug-likeness (QED) is 0.681. The van der Waals surface area contributed by atoms with Gasteiger partial charge in [0.25, 0.3) is 5.91 Å². The number of rotatable bonds is 5. The van der Waals surface area contributed by atoms with E-state index in [1.807, 2.05) is 53.1 Å². The van der Waals surface area contributed by atoms with Gasteiger partial charge in [0, 0.05) is 41.2 Å². The number of nitrogens with zero attached hydrogens (tertiary/aromatic N) is 2. The SMILES string of the molecule is O=C(NC1CCCNC1)c1ccc(SCc2cn3ccccc3n2)cc1. The maximum atomic E-state index is 12.3. The zero-order chi connectivity index (χ0) is 17.8. The minimum atomic E-state index is 0.00982.